The van der Waals surface area contributed by atoms with Crippen LogP contribution >= 0.6 is 0 Å². The van der Waals surface area contributed by atoms with Crippen molar-refractivity contribution in [2.75, 3.05) is 0 Å². The van der Waals surface area contributed by atoms with Crippen molar-refractivity contribution in [2.45, 2.75) is 71.3 Å². The molecule has 4 heteroatoms. The fourth-order valence-corrected chi connectivity index (χ4v) is 3.63. The van der Waals surface area contributed by atoms with Crippen LogP contribution in [0.5, 0.6) is 0 Å². The van der Waals surface area contributed by atoms with Gasteiger partial charge in [0.05, 0.1) is 6.10 Å². The molecule has 0 saturated heterocycles. The van der Waals surface area contributed by atoms with E-state index in [2.05, 4.69) is 76.8 Å². The molecule has 0 saturated carbocycles. The van der Waals surface area contributed by atoms with E-state index in [0.717, 1.165) is 6.42 Å². The highest BCUT2D eigenvalue weighted by Gasteiger charge is 2.19. The summed E-state index contributed by atoms with van der Waals surface area (Å²) in [5.41, 5.74) is 0. The van der Waals surface area contributed by atoms with Gasteiger partial charge in [0.15, 0.2) is 16.6 Å². The van der Waals surface area contributed by atoms with Gasteiger partial charge in [0, 0.05) is 6.42 Å². The molecule has 0 bridgehead atoms. The molecule has 2 unspecified atom stereocenters. The Labute approximate surface area is 133 Å². The van der Waals surface area contributed by atoms with Gasteiger partial charge in [-0.15, -0.1) is 6.58 Å². The lowest BCUT2D eigenvalue weighted by molar-refractivity contribution is 0.248. The second kappa shape index (κ2) is 9.42. The maximum atomic E-state index is 6.08. The van der Waals surface area contributed by atoms with E-state index in [9.17, 15) is 0 Å². The predicted molar refractivity (Wildman–Crippen MR) is 98.5 cm³/mol. The summed E-state index contributed by atoms with van der Waals surface area (Å²) in [5.74, 6) is 6.44. The third kappa shape index (κ3) is 12.8. The van der Waals surface area contributed by atoms with Crippen LogP contribution in [0.4, 0.5) is 0 Å². The van der Waals surface area contributed by atoms with Gasteiger partial charge in [0.25, 0.3) is 0 Å². The van der Waals surface area contributed by atoms with Crippen molar-refractivity contribution in [1.82, 2.24) is 0 Å². The molecule has 0 aliphatic heterocycles. The van der Waals surface area contributed by atoms with E-state index >= 15 is 0 Å². The van der Waals surface area contributed by atoms with Crippen molar-refractivity contribution >= 4 is 16.6 Å². The zero-order valence-corrected chi connectivity index (χ0v) is 16.8. The van der Waals surface area contributed by atoms with E-state index in [4.69, 9.17) is 8.85 Å². The molecule has 0 rings (SSSR count). The number of hydrogen-bond donors (Lipinski definition) is 0. The van der Waals surface area contributed by atoms with Gasteiger partial charge >= 0.3 is 0 Å². The molecule has 0 amide bonds. The lowest BCUT2D eigenvalue weighted by Crippen LogP contribution is -2.31. The molecule has 120 valence electrons. The Balaban J connectivity index is 4.70. The van der Waals surface area contributed by atoms with Crippen molar-refractivity contribution in [3.8, 4) is 11.8 Å². The van der Waals surface area contributed by atoms with Gasteiger partial charge in [-0.2, -0.15) is 0 Å². The van der Waals surface area contributed by atoms with Gasteiger partial charge in [-0.3, -0.25) is 0 Å². The van der Waals surface area contributed by atoms with Crippen LogP contribution in [0.2, 0.25) is 39.3 Å². The van der Waals surface area contributed by atoms with Crippen LogP contribution in [-0.2, 0) is 8.85 Å². The average Bonchev–Trinajstić information content (AvgIpc) is 2.31. The molecule has 0 radical (unpaired) electrons. The molecule has 0 aromatic carbocycles. The number of allylic oxidation sites excluding steroid dienone is 1. The first kappa shape index (κ1) is 20.4. The van der Waals surface area contributed by atoms with Gasteiger partial charge in [0.1, 0.15) is 6.10 Å². The Morgan fingerprint density at radius 1 is 1.05 bits per heavy atom. The number of rotatable bonds is 8. The van der Waals surface area contributed by atoms with Crippen LogP contribution in [0.1, 0.15) is 19.8 Å². The number of hydrogen-bond acceptors (Lipinski definition) is 2. The van der Waals surface area contributed by atoms with Gasteiger partial charge in [-0.05, 0) is 51.8 Å². The Bertz CT molecular complexity index is 392. The van der Waals surface area contributed by atoms with E-state index in [-0.39, 0.29) is 12.2 Å². The summed E-state index contributed by atoms with van der Waals surface area (Å²) in [5, 5.41) is 0. The molecule has 21 heavy (non-hydrogen) atoms. The Hall–Kier alpha value is -0.606. The molecular weight excluding hydrogens is 292 g/mol. The molecule has 0 N–H and O–H groups in total. The predicted octanol–water partition coefficient (Wildman–Crippen LogP) is 4.97. The minimum absolute atomic E-state index is 0.0202. The first-order chi connectivity index (χ1) is 9.57. The average molecular weight is 325 g/mol. The lowest BCUT2D eigenvalue weighted by Gasteiger charge is -2.23. The molecule has 0 heterocycles. The minimum Gasteiger partial charge on any atom is -0.410 e. The van der Waals surface area contributed by atoms with E-state index in [1.54, 1.807) is 0 Å². The third-order valence-corrected chi connectivity index (χ3v) is 4.31. The van der Waals surface area contributed by atoms with Crippen molar-refractivity contribution < 1.29 is 8.85 Å². The van der Waals surface area contributed by atoms with Crippen molar-refractivity contribution in [3.05, 3.63) is 24.8 Å². The summed E-state index contributed by atoms with van der Waals surface area (Å²) in [7, 11) is -3.15. The normalized spacial score (nSPS) is 15.4. The second-order valence-electron chi connectivity index (χ2n) is 7.02. The van der Waals surface area contributed by atoms with E-state index in [1.807, 2.05) is 6.08 Å². The monoisotopic (exact) mass is 324 g/mol. The summed E-state index contributed by atoms with van der Waals surface area (Å²) in [4.78, 5) is 0. The molecule has 2 atom stereocenters. The molecular formula is C17H32O2Si2. The summed E-state index contributed by atoms with van der Waals surface area (Å²) >= 11 is 0. The molecule has 0 aliphatic rings. The fourth-order valence-electron chi connectivity index (χ4n) is 1.64. The third-order valence-electron chi connectivity index (χ3n) is 2.34. The quantitative estimate of drug-likeness (QED) is 0.356. The summed E-state index contributed by atoms with van der Waals surface area (Å²) in [6.07, 6.45) is 7.63. The van der Waals surface area contributed by atoms with E-state index in [1.165, 1.54) is 0 Å². The summed E-state index contributed by atoms with van der Waals surface area (Å²) in [6.45, 7) is 19.0. The van der Waals surface area contributed by atoms with Crippen molar-refractivity contribution in [1.29, 1.82) is 0 Å². The van der Waals surface area contributed by atoms with Crippen LogP contribution in [0.25, 0.3) is 0 Å². The van der Waals surface area contributed by atoms with Gasteiger partial charge in [-0.25, -0.2) is 0 Å². The minimum atomic E-state index is -1.59. The first-order valence-corrected chi connectivity index (χ1v) is 14.5. The SMILES string of the molecule is C=CC(CC#CC(/C=C/CC)O[Si](C)(C)C)O[Si](C)(C)C. The van der Waals surface area contributed by atoms with Gasteiger partial charge in [-0.1, -0.05) is 30.9 Å². The largest absolute Gasteiger partial charge is 0.410 e. The van der Waals surface area contributed by atoms with E-state index in [0.29, 0.717) is 6.42 Å². The molecule has 0 fully saturated rings. The highest BCUT2D eigenvalue weighted by atomic mass is 28.4. The maximum Gasteiger partial charge on any atom is 0.185 e. The first-order valence-electron chi connectivity index (χ1n) is 7.70. The topological polar surface area (TPSA) is 18.5 Å². The Kier molecular flexibility index (Phi) is 9.15. The Morgan fingerprint density at radius 2 is 1.62 bits per heavy atom. The lowest BCUT2D eigenvalue weighted by atomic mass is 10.2. The van der Waals surface area contributed by atoms with Gasteiger partial charge < -0.3 is 8.85 Å². The van der Waals surface area contributed by atoms with Crippen LogP contribution < -0.4 is 0 Å². The van der Waals surface area contributed by atoms with Crippen molar-refractivity contribution in [2.24, 2.45) is 0 Å². The molecule has 0 aromatic rings. The fraction of sp³-hybridized carbons (Fsp3) is 0.647. The van der Waals surface area contributed by atoms with E-state index < -0.39 is 16.6 Å². The highest BCUT2D eigenvalue weighted by Crippen LogP contribution is 2.11. The smallest absolute Gasteiger partial charge is 0.185 e. The second-order valence-corrected chi connectivity index (χ2v) is 15.9. The summed E-state index contributed by atoms with van der Waals surface area (Å²) < 4.78 is 12.1. The van der Waals surface area contributed by atoms with Crippen LogP contribution in [0.15, 0.2) is 24.8 Å². The zero-order valence-electron chi connectivity index (χ0n) is 14.8. The maximum absolute atomic E-state index is 6.08. The zero-order chi connectivity index (χ0) is 16.5. The van der Waals surface area contributed by atoms with Gasteiger partial charge in [0.2, 0.25) is 0 Å². The standard InChI is InChI=1S/C17H32O2Si2/c1-9-11-13-17(19-21(6,7)8)15-12-14-16(10-2)18-20(3,4)5/h10-11,13,16-17H,2,9,14H2,1,3-8H3/b13-11+. The van der Waals surface area contributed by atoms with Crippen LogP contribution in [-0.4, -0.2) is 28.8 Å². The molecule has 0 aliphatic carbocycles. The molecule has 0 aromatic heterocycles. The Morgan fingerprint density at radius 3 is 2.05 bits per heavy atom. The van der Waals surface area contributed by atoms with Crippen LogP contribution in [0, 0.1) is 11.8 Å². The molecule has 0 spiro atoms. The summed E-state index contributed by atoms with van der Waals surface area (Å²) in [6, 6.07) is 0. The highest BCUT2D eigenvalue weighted by molar-refractivity contribution is 6.70. The van der Waals surface area contributed by atoms with Crippen LogP contribution in [0.3, 0.4) is 0 Å². The molecule has 2 nitrogen and oxygen atoms in total. The van der Waals surface area contributed by atoms with Crippen molar-refractivity contribution in [3.63, 3.8) is 0 Å².